The van der Waals surface area contributed by atoms with Crippen molar-refractivity contribution in [3.8, 4) is 0 Å². The van der Waals surface area contributed by atoms with Crippen LogP contribution in [0.2, 0.25) is 0 Å². The molecule has 0 amide bonds. The van der Waals surface area contributed by atoms with E-state index in [0.717, 1.165) is 24.9 Å². The Kier molecular flexibility index (Phi) is 5.69. The highest BCUT2D eigenvalue weighted by molar-refractivity contribution is 5.93. The van der Waals surface area contributed by atoms with Crippen LogP contribution in [-0.4, -0.2) is 35.9 Å². The highest BCUT2D eigenvalue weighted by Gasteiger charge is 2.18. The van der Waals surface area contributed by atoms with Crippen LogP contribution in [0.15, 0.2) is 10.9 Å². The fourth-order valence-corrected chi connectivity index (χ4v) is 2.64. The Balaban J connectivity index is 3.15. The van der Waals surface area contributed by atoms with E-state index in [1.165, 1.54) is 6.92 Å². The highest BCUT2D eigenvalue weighted by atomic mass is 16.1. The molecule has 0 fully saturated rings. The SMILES string of the molecule is CC(=O)c1c(C)cc(C)c(=O)n1C(C)CCCN(C)C. The molecule has 0 N–H and O–H groups in total. The minimum Gasteiger partial charge on any atom is -0.309 e. The lowest BCUT2D eigenvalue weighted by atomic mass is 10.1. The van der Waals surface area contributed by atoms with Crippen LogP contribution >= 0.6 is 0 Å². The maximum Gasteiger partial charge on any atom is 0.254 e. The number of rotatable bonds is 6. The van der Waals surface area contributed by atoms with E-state index in [1.807, 2.05) is 40.9 Å². The summed E-state index contributed by atoms with van der Waals surface area (Å²) in [6.45, 7) is 8.23. The van der Waals surface area contributed by atoms with Crippen LogP contribution in [0.4, 0.5) is 0 Å². The molecule has 0 aliphatic carbocycles. The minimum absolute atomic E-state index is 0.0416. The van der Waals surface area contributed by atoms with Crippen LogP contribution in [0.3, 0.4) is 0 Å². The highest BCUT2D eigenvalue weighted by Crippen LogP contribution is 2.18. The smallest absolute Gasteiger partial charge is 0.254 e. The molecule has 0 aliphatic rings. The van der Waals surface area contributed by atoms with Gasteiger partial charge in [-0.2, -0.15) is 0 Å². The largest absolute Gasteiger partial charge is 0.309 e. The average Bonchev–Trinajstić information content (AvgIpc) is 2.32. The monoisotopic (exact) mass is 278 g/mol. The van der Waals surface area contributed by atoms with Crippen LogP contribution in [0.1, 0.15) is 54.3 Å². The second-order valence-electron chi connectivity index (χ2n) is 5.88. The van der Waals surface area contributed by atoms with Crippen molar-refractivity contribution in [1.29, 1.82) is 0 Å². The number of carbonyl (C=O) groups is 1. The van der Waals surface area contributed by atoms with Gasteiger partial charge >= 0.3 is 0 Å². The third-order valence-corrected chi connectivity index (χ3v) is 3.61. The molecule has 0 saturated heterocycles. The number of pyridine rings is 1. The van der Waals surface area contributed by atoms with Crippen molar-refractivity contribution >= 4 is 5.78 Å². The molecule has 0 saturated carbocycles. The first-order valence-corrected chi connectivity index (χ1v) is 7.14. The zero-order valence-electron chi connectivity index (χ0n) is 13.5. The third-order valence-electron chi connectivity index (χ3n) is 3.61. The lowest BCUT2D eigenvalue weighted by Crippen LogP contribution is -2.31. The van der Waals surface area contributed by atoms with Gasteiger partial charge in [0.05, 0.1) is 5.69 Å². The molecule has 0 aromatic carbocycles. The summed E-state index contributed by atoms with van der Waals surface area (Å²) in [5, 5.41) is 0. The third kappa shape index (κ3) is 3.79. The molecule has 1 aromatic heterocycles. The minimum atomic E-state index is -0.0434. The summed E-state index contributed by atoms with van der Waals surface area (Å²) in [6.07, 6.45) is 1.90. The Bertz CT molecular complexity index is 544. The predicted octanol–water partition coefficient (Wildman–Crippen LogP) is 2.57. The van der Waals surface area contributed by atoms with E-state index in [1.54, 1.807) is 4.57 Å². The Morgan fingerprint density at radius 3 is 2.40 bits per heavy atom. The molecular weight excluding hydrogens is 252 g/mol. The van der Waals surface area contributed by atoms with Gasteiger partial charge in [-0.25, -0.2) is 0 Å². The summed E-state index contributed by atoms with van der Waals surface area (Å²) in [5.74, 6) is -0.0425. The maximum atomic E-state index is 12.4. The number of carbonyl (C=O) groups excluding carboxylic acids is 1. The molecule has 4 nitrogen and oxygen atoms in total. The van der Waals surface area contributed by atoms with E-state index in [-0.39, 0.29) is 17.4 Å². The zero-order chi connectivity index (χ0) is 15.4. The molecule has 1 atom stereocenters. The first-order valence-electron chi connectivity index (χ1n) is 7.14. The topological polar surface area (TPSA) is 42.3 Å². The second-order valence-corrected chi connectivity index (χ2v) is 5.88. The number of aromatic nitrogens is 1. The maximum absolute atomic E-state index is 12.4. The molecule has 0 bridgehead atoms. The van der Waals surface area contributed by atoms with E-state index in [2.05, 4.69) is 4.90 Å². The van der Waals surface area contributed by atoms with Crippen LogP contribution in [-0.2, 0) is 0 Å². The second kappa shape index (κ2) is 6.84. The quantitative estimate of drug-likeness (QED) is 0.751. The van der Waals surface area contributed by atoms with Gasteiger partial charge in [0.2, 0.25) is 0 Å². The summed E-state index contributed by atoms with van der Waals surface area (Å²) in [6, 6.07) is 1.85. The number of nitrogens with zero attached hydrogens (tertiary/aromatic N) is 2. The van der Waals surface area contributed by atoms with Crippen molar-refractivity contribution in [2.75, 3.05) is 20.6 Å². The molecule has 1 heterocycles. The Hall–Kier alpha value is -1.42. The molecule has 20 heavy (non-hydrogen) atoms. The first-order chi connectivity index (χ1) is 9.25. The first kappa shape index (κ1) is 16.6. The van der Waals surface area contributed by atoms with E-state index in [0.29, 0.717) is 11.3 Å². The summed E-state index contributed by atoms with van der Waals surface area (Å²) in [5.41, 5.74) is 2.09. The van der Waals surface area contributed by atoms with Gasteiger partial charge in [0.15, 0.2) is 5.78 Å². The van der Waals surface area contributed by atoms with Gasteiger partial charge in [0, 0.05) is 18.5 Å². The van der Waals surface area contributed by atoms with E-state index < -0.39 is 0 Å². The Morgan fingerprint density at radius 2 is 1.90 bits per heavy atom. The molecule has 0 radical (unpaired) electrons. The van der Waals surface area contributed by atoms with Crippen molar-refractivity contribution in [3.05, 3.63) is 33.2 Å². The fraction of sp³-hybridized carbons (Fsp3) is 0.625. The number of Topliss-reactive ketones (excluding diaryl/α,β-unsaturated/α-hetero) is 1. The van der Waals surface area contributed by atoms with Crippen molar-refractivity contribution in [2.45, 2.75) is 46.6 Å². The summed E-state index contributed by atoms with van der Waals surface area (Å²) in [7, 11) is 4.07. The standard InChI is InChI=1S/C16H26N2O2/c1-11-10-12(2)16(20)18(15(11)14(4)19)13(3)8-7-9-17(5)6/h10,13H,7-9H2,1-6H3. The van der Waals surface area contributed by atoms with Crippen LogP contribution in [0.25, 0.3) is 0 Å². The number of aryl methyl sites for hydroxylation is 2. The van der Waals surface area contributed by atoms with Gasteiger partial charge in [-0.1, -0.05) is 0 Å². The van der Waals surface area contributed by atoms with E-state index in [4.69, 9.17) is 0 Å². The molecule has 1 rings (SSSR count). The zero-order valence-corrected chi connectivity index (χ0v) is 13.5. The van der Waals surface area contributed by atoms with Crippen LogP contribution < -0.4 is 5.56 Å². The lowest BCUT2D eigenvalue weighted by molar-refractivity contribution is 0.1000. The van der Waals surface area contributed by atoms with Gasteiger partial charge in [0.1, 0.15) is 0 Å². The van der Waals surface area contributed by atoms with Crippen molar-refractivity contribution in [1.82, 2.24) is 9.47 Å². The molecular formula is C16H26N2O2. The number of hydrogen-bond donors (Lipinski definition) is 0. The van der Waals surface area contributed by atoms with E-state index >= 15 is 0 Å². The number of hydrogen-bond acceptors (Lipinski definition) is 3. The van der Waals surface area contributed by atoms with Crippen LogP contribution in [0, 0.1) is 13.8 Å². The van der Waals surface area contributed by atoms with Gasteiger partial charge in [-0.05, 0) is 65.9 Å². The summed E-state index contributed by atoms with van der Waals surface area (Å²) in [4.78, 5) is 26.4. The van der Waals surface area contributed by atoms with Crippen molar-refractivity contribution < 1.29 is 4.79 Å². The normalized spacial score (nSPS) is 12.8. The van der Waals surface area contributed by atoms with Crippen LogP contribution in [0.5, 0.6) is 0 Å². The molecule has 0 aliphatic heterocycles. The Morgan fingerprint density at radius 1 is 1.30 bits per heavy atom. The Labute approximate surface area is 121 Å². The molecule has 0 spiro atoms. The van der Waals surface area contributed by atoms with E-state index in [9.17, 15) is 9.59 Å². The van der Waals surface area contributed by atoms with Gasteiger partial charge in [0.25, 0.3) is 5.56 Å². The van der Waals surface area contributed by atoms with Crippen molar-refractivity contribution in [3.63, 3.8) is 0 Å². The molecule has 112 valence electrons. The molecule has 4 heteroatoms. The van der Waals surface area contributed by atoms with Gasteiger partial charge < -0.3 is 9.47 Å². The van der Waals surface area contributed by atoms with Gasteiger partial charge in [-0.3, -0.25) is 9.59 Å². The average molecular weight is 278 g/mol. The van der Waals surface area contributed by atoms with Gasteiger partial charge in [-0.15, -0.1) is 0 Å². The molecule has 1 aromatic rings. The fourth-order valence-electron chi connectivity index (χ4n) is 2.64. The lowest BCUT2D eigenvalue weighted by Gasteiger charge is -2.21. The predicted molar refractivity (Wildman–Crippen MR) is 82.7 cm³/mol. The molecule has 1 unspecified atom stereocenters. The number of ketones is 1. The van der Waals surface area contributed by atoms with Crippen molar-refractivity contribution in [2.24, 2.45) is 0 Å². The summed E-state index contributed by atoms with van der Waals surface area (Å²) >= 11 is 0. The summed E-state index contributed by atoms with van der Waals surface area (Å²) < 4.78 is 1.68.